The second-order valence-electron chi connectivity index (χ2n) is 7.33. The summed E-state index contributed by atoms with van der Waals surface area (Å²) in [5, 5.41) is 22.0. The Kier molecular flexibility index (Phi) is 8.76. The average molecular weight is 488 g/mol. The lowest BCUT2D eigenvalue weighted by atomic mass is 10.1. The minimum atomic E-state index is -0.656. The quantitative estimate of drug-likeness (QED) is 0.168. The van der Waals surface area contributed by atoms with Crippen LogP contribution < -0.4 is 0 Å². The lowest BCUT2D eigenvalue weighted by Gasteiger charge is -2.05. The molecule has 36 heavy (non-hydrogen) atoms. The molecule has 0 N–H and O–H groups in total. The molecule has 0 radical (unpaired) electrons. The van der Waals surface area contributed by atoms with Gasteiger partial charge in [0.05, 0.1) is 21.0 Å². The molecule has 3 aromatic rings. The molecule has 0 aliphatic heterocycles. The number of ether oxygens (including phenoxy) is 2. The molecule has 0 bridgehead atoms. The first-order chi connectivity index (χ1) is 17.3. The highest BCUT2D eigenvalue weighted by molar-refractivity contribution is 5.88. The monoisotopic (exact) mass is 488 g/mol. The molecule has 0 atom stereocenters. The van der Waals surface area contributed by atoms with Gasteiger partial charge in [-0.15, -0.1) is 0 Å². The fraction of sp³-hybridized carbons (Fsp3) is 0.0769. The van der Waals surface area contributed by atoms with Gasteiger partial charge in [0.25, 0.3) is 11.4 Å². The van der Waals surface area contributed by atoms with Crippen LogP contribution in [0, 0.1) is 20.2 Å². The highest BCUT2D eigenvalue weighted by Gasteiger charge is 2.11. The zero-order chi connectivity index (χ0) is 25.9. The number of para-hydroxylation sites is 2. The van der Waals surface area contributed by atoms with Gasteiger partial charge in [-0.3, -0.25) is 20.2 Å². The van der Waals surface area contributed by atoms with Crippen LogP contribution in [0.15, 0.2) is 84.9 Å². The van der Waals surface area contributed by atoms with E-state index in [4.69, 9.17) is 9.47 Å². The molecule has 10 heteroatoms. The number of hydrogen-bond acceptors (Lipinski definition) is 8. The van der Waals surface area contributed by atoms with Crippen molar-refractivity contribution in [2.24, 2.45) is 0 Å². The summed E-state index contributed by atoms with van der Waals surface area (Å²) >= 11 is 0. The first kappa shape index (κ1) is 25.5. The number of esters is 2. The number of nitro groups is 2. The van der Waals surface area contributed by atoms with E-state index in [9.17, 15) is 29.8 Å². The van der Waals surface area contributed by atoms with Gasteiger partial charge in [-0.05, 0) is 35.4 Å². The lowest BCUT2D eigenvalue weighted by Crippen LogP contribution is -2.02. The maximum atomic E-state index is 12.0. The van der Waals surface area contributed by atoms with E-state index in [0.717, 1.165) is 12.2 Å². The Bertz CT molecular complexity index is 1230. The molecule has 0 saturated carbocycles. The highest BCUT2D eigenvalue weighted by Crippen LogP contribution is 2.20. The molecule has 0 unspecified atom stereocenters. The van der Waals surface area contributed by atoms with Crippen LogP contribution in [0.5, 0.6) is 0 Å². The molecule has 0 aliphatic rings. The number of benzene rings is 3. The van der Waals surface area contributed by atoms with Gasteiger partial charge in [0.15, 0.2) is 0 Å². The topological polar surface area (TPSA) is 139 Å². The molecule has 0 amide bonds. The van der Waals surface area contributed by atoms with Crippen molar-refractivity contribution in [3.8, 4) is 0 Å². The second kappa shape index (κ2) is 12.4. The predicted molar refractivity (Wildman–Crippen MR) is 130 cm³/mol. The van der Waals surface area contributed by atoms with Crippen molar-refractivity contribution in [2.75, 3.05) is 0 Å². The van der Waals surface area contributed by atoms with Crippen LogP contribution in [-0.2, 0) is 32.3 Å². The molecule has 0 aliphatic carbocycles. The fourth-order valence-electron chi connectivity index (χ4n) is 3.04. The average Bonchev–Trinajstić information content (AvgIpc) is 2.89. The molecular formula is C26H20N2O8. The molecule has 0 spiro atoms. The van der Waals surface area contributed by atoms with E-state index in [1.54, 1.807) is 36.4 Å². The third-order valence-electron chi connectivity index (χ3n) is 4.85. The summed E-state index contributed by atoms with van der Waals surface area (Å²) in [7, 11) is 0. The first-order valence-corrected chi connectivity index (χ1v) is 10.6. The third kappa shape index (κ3) is 7.45. The van der Waals surface area contributed by atoms with Gasteiger partial charge < -0.3 is 9.47 Å². The summed E-state index contributed by atoms with van der Waals surface area (Å²) in [6, 6.07) is 18.9. The number of carbonyl (C=O) groups is 2. The van der Waals surface area contributed by atoms with Crippen LogP contribution >= 0.6 is 0 Å². The Morgan fingerprint density at radius 3 is 1.36 bits per heavy atom. The van der Waals surface area contributed by atoms with E-state index in [-0.39, 0.29) is 35.7 Å². The Morgan fingerprint density at radius 1 is 0.639 bits per heavy atom. The molecule has 3 aromatic carbocycles. The van der Waals surface area contributed by atoms with Gasteiger partial charge in [-0.1, -0.05) is 48.5 Å². The van der Waals surface area contributed by atoms with Gasteiger partial charge in [-0.25, -0.2) is 9.59 Å². The van der Waals surface area contributed by atoms with E-state index in [2.05, 4.69) is 0 Å². The molecule has 0 heterocycles. The van der Waals surface area contributed by atoms with Crippen molar-refractivity contribution in [3.63, 3.8) is 0 Å². The van der Waals surface area contributed by atoms with Crippen molar-refractivity contribution in [2.45, 2.75) is 13.2 Å². The minimum absolute atomic E-state index is 0.0152. The molecule has 0 fully saturated rings. The Hall–Kier alpha value is -5.12. The maximum absolute atomic E-state index is 12.0. The van der Waals surface area contributed by atoms with E-state index in [0.29, 0.717) is 11.1 Å². The number of rotatable bonds is 10. The van der Waals surface area contributed by atoms with Gasteiger partial charge in [-0.2, -0.15) is 0 Å². The molecule has 182 valence electrons. The summed E-state index contributed by atoms with van der Waals surface area (Å²) in [5.74, 6) is -1.31. The van der Waals surface area contributed by atoms with E-state index in [1.807, 2.05) is 0 Å². The maximum Gasteiger partial charge on any atom is 0.331 e. The largest absolute Gasteiger partial charge is 0.458 e. The summed E-state index contributed by atoms with van der Waals surface area (Å²) < 4.78 is 10.3. The highest BCUT2D eigenvalue weighted by atomic mass is 16.6. The molecular weight excluding hydrogens is 468 g/mol. The predicted octanol–water partition coefficient (Wildman–Crippen LogP) is 5.02. The van der Waals surface area contributed by atoms with Crippen LogP contribution in [0.4, 0.5) is 11.4 Å². The van der Waals surface area contributed by atoms with Crippen molar-refractivity contribution >= 4 is 35.5 Å². The summed E-state index contributed by atoms with van der Waals surface area (Å²) in [6.45, 7) is -0.0303. The van der Waals surface area contributed by atoms with Crippen molar-refractivity contribution in [3.05, 3.63) is 127 Å². The number of nitrogens with zero attached hydrogens (tertiary/aromatic N) is 2. The zero-order valence-corrected chi connectivity index (χ0v) is 18.8. The first-order valence-electron chi connectivity index (χ1n) is 10.6. The number of carbonyl (C=O) groups excluding carboxylic acids is 2. The second-order valence-corrected chi connectivity index (χ2v) is 7.33. The van der Waals surface area contributed by atoms with Gasteiger partial charge in [0, 0.05) is 24.3 Å². The summed E-state index contributed by atoms with van der Waals surface area (Å²) in [6.07, 6.45) is 4.88. The van der Waals surface area contributed by atoms with Gasteiger partial charge >= 0.3 is 11.9 Å². The lowest BCUT2D eigenvalue weighted by molar-refractivity contribution is -0.385. The van der Waals surface area contributed by atoms with E-state index < -0.39 is 21.8 Å². The SMILES string of the molecule is O=C(C=Cc1ccccc1[N+](=O)[O-])OCc1ccc(COC(=O)C=Cc2ccccc2[N+](=O)[O-])cc1. The van der Waals surface area contributed by atoms with E-state index in [1.165, 1.54) is 48.6 Å². The van der Waals surface area contributed by atoms with Crippen LogP contribution in [0.25, 0.3) is 12.2 Å². The molecule has 10 nitrogen and oxygen atoms in total. The Labute approximate surface area is 205 Å². The number of nitro benzene ring substituents is 2. The molecule has 0 aromatic heterocycles. The molecule has 3 rings (SSSR count). The van der Waals surface area contributed by atoms with Crippen LogP contribution in [0.2, 0.25) is 0 Å². The summed E-state index contributed by atoms with van der Waals surface area (Å²) in [4.78, 5) is 44.9. The van der Waals surface area contributed by atoms with Crippen molar-refractivity contribution in [1.82, 2.24) is 0 Å². The standard InChI is InChI=1S/C26H20N2O8/c29-25(15-13-21-5-1-3-7-23(21)27(31)32)35-17-19-9-11-20(12-10-19)18-36-26(30)16-14-22-6-2-4-8-24(22)28(33)34/h1-16H,17-18H2. The van der Waals surface area contributed by atoms with E-state index >= 15 is 0 Å². The normalized spacial score (nSPS) is 10.9. The van der Waals surface area contributed by atoms with Crippen molar-refractivity contribution < 1.29 is 28.9 Å². The fourth-order valence-corrected chi connectivity index (χ4v) is 3.04. The minimum Gasteiger partial charge on any atom is -0.458 e. The zero-order valence-electron chi connectivity index (χ0n) is 18.8. The van der Waals surface area contributed by atoms with Gasteiger partial charge in [0.2, 0.25) is 0 Å². The number of hydrogen-bond donors (Lipinski definition) is 0. The smallest absolute Gasteiger partial charge is 0.331 e. The van der Waals surface area contributed by atoms with Crippen LogP contribution in [0.1, 0.15) is 22.3 Å². The Morgan fingerprint density at radius 2 is 1.00 bits per heavy atom. The molecule has 0 saturated heterocycles. The van der Waals surface area contributed by atoms with Crippen LogP contribution in [-0.4, -0.2) is 21.8 Å². The Balaban J connectivity index is 1.47. The summed E-state index contributed by atoms with van der Waals surface area (Å²) in [5.41, 5.74) is 1.72. The van der Waals surface area contributed by atoms with Crippen molar-refractivity contribution in [1.29, 1.82) is 0 Å². The van der Waals surface area contributed by atoms with Crippen LogP contribution in [0.3, 0.4) is 0 Å². The van der Waals surface area contributed by atoms with Gasteiger partial charge in [0.1, 0.15) is 13.2 Å². The third-order valence-corrected chi connectivity index (χ3v) is 4.85.